The predicted molar refractivity (Wildman–Crippen MR) is 112 cm³/mol. The van der Waals surface area contributed by atoms with Gasteiger partial charge in [0.2, 0.25) is 0 Å². The Balaban J connectivity index is 1.62. The number of allylic oxidation sites excluding steroid dienone is 4. The number of Topliss-reactive ketones (excluding diaryl/α,β-unsaturated/α-hetero) is 1. The van der Waals surface area contributed by atoms with Gasteiger partial charge in [0.05, 0.1) is 12.2 Å². The van der Waals surface area contributed by atoms with Gasteiger partial charge in [-0.05, 0) is 56.3 Å². The first-order valence-corrected chi connectivity index (χ1v) is 11.6. The average Bonchev–Trinajstić information content (AvgIpc) is 3.19. The number of fused-ring (bicyclic) bond motifs is 7. The maximum absolute atomic E-state index is 17.1. The van der Waals surface area contributed by atoms with Crippen molar-refractivity contribution in [2.75, 3.05) is 0 Å². The number of ether oxygens (including phenoxy) is 2. The van der Waals surface area contributed by atoms with Crippen molar-refractivity contribution in [3.05, 3.63) is 30.7 Å². The van der Waals surface area contributed by atoms with Gasteiger partial charge in [-0.25, -0.2) is 8.78 Å². The second-order valence-electron chi connectivity index (χ2n) is 10.7. The van der Waals surface area contributed by atoms with Crippen LogP contribution in [0.15, 0.2) is 23.8 Å². The molecule has 3 saturated carbocycles. The highest BCUT2D eigenvalue weighted by atomic mass is 19.1. The Bertz CT molecular complexity index is 931. The Morgan fingerprint density at radius 2 is 2.03 bits per heavy atom. The molecule has 1 heterocycles. The van der Waals surface area contributed by atoms with E-state index in [1.165, 1.54) is 18.2 Å². The Hall–Kier alpha value is -1.44. The van der Waals surface area contributed by atoms with Crippen molar-refractivity contribution in [3.63, 3.8) is 0 Å². The summed E-state index contributed by atoms with van der Waals surface area (Å²) in [4.78, 5) is 24.9. The first-order chi connectivity index (χ1) is 15.0. The number of alkyl halides is 2. The number of halogens is 2. The number of rotatable bonds is 3. The molecule has 0 spiro atoms. The SMILES string of the molecule is [CH2]C(=O)[C@@]12OC(CCC)O[C@@H]1C[C@H]1[C@@H]3C[C@H](F)C4=CC(=O)C=C[C@]4(C)[C@@]3(F)[C@@H](O)C[C@@]12C. The lowest BCUT2D eigenvalue weighted by atomic mass is 9.44. The zero-order valence-electron chi connectivity index (χ0n) is 18.8. The van der Waals surface area contributed by atoms with Crippen molar-refractivity contribution in [1.82, 2.24) is 0 Å². The van der Waals surface area contributed by atoms with Gasteiger partial charge in [0.1, 0.15) is 6.17 Å². The summed E-state index contributed by atoms with van der Waals surface area (Å²) in [6, 6.07) is 0. The van der Waals surface area contributed by atoms with E-state index in [2.05, 4.69) is 6.92 Å². The number of carbonyl (C=O) groups excluding carboxylic acids is 2. The number of aliphatic hydroxyl groups excluding tert-OH is 1. The number of carbonyl (C=O) groups is 2. The average molecular weight is 450 g/mol. The molecule has 1 radical (unpaired) electrons. The molecule has 0 amide bonds. The molecule has 1 aliphatic heterocycles. The van der Waals surface area contributed by atoms with Crippen LogP contribution in [0.3, 0.4) is 0 Å². The highest BCUT2D eigenvalue weighted by Gasteiger charge is 2.79. The zero-order chi connectivity index (χ0) is 23.3. The molecule has 0 bridgehead atoms. The van der Waals surface area contributed by atoms with Crippen LogP contribution in [-0.2, 0) is 19.1 Å². The van der Waals surface area contributed by atoms with Crippen molar-refractivity contribution in [1.29, 1.82) is 0 Å². The zero-order valence-corrected chi connectivity index (χ0v) is 18.8. The van der Waals surface area contributed by atoms with Gasteiger partial charge in [-0.1, -0.05) is 26.3 Å². The molecule has 1 unspecified atom stereocenters. The molecule has 4 aliphatic carbocycles. The normalized spacial score (nSPS) is 53.8. The third-order valence-electron chi connectivity index (χ3n) is 9.36. The molecule has 0 aromatic rings. The molecule has 7 heteroatoms. The van der Waals surface area contributed by atoms with Gasteiger partial charge in [0, 0.05) is 23.7 Å². The third kappa shape index (κ3) is 2.38. The maximum Gasteiger partial charge on any atom is 0.178 e. The lowest BCUT2D eigenvalue weighted by Gasteiger charge is -2.63. The molecule has 1 saturated heterocycles. The molecule has 10 atom stereocenters. The van der Waals surface area contributed by atoms with E-state index < -0.39 is 64.4 Å². The van der Waals surface area contributed by atoms with E-state index in [9.17, 15) is 14.7 Å². The second-order valence-corrected chi connectivity index (χ2v) is 10.7. The van der Waals surface area contributed by atoms with Crippen LogP contribution < -0.4 is 0 Å². The Labute approximate surface area is 187 Å². The molecule has 5 rings (SSSR count). The fraction of sp³-hybridized carbons (Fsp3) is 0.720. The second kappa shape index (κ2) is 6.80. The van der Waals surface area contributed by atoms with Gasteiger partial charge >= 0.3 is 0 Å². The summed E-state index contributed by atoms with van der Waals surface area (Å²) < 4.78 is 45.0. The third-order valence-corrected chi connectivity index (χ3v) is 9.36. The van der Waals surface area contributed by atoms with Crippen LogP contribution in [0.25, 0.3) is 0 Å². The standard InChI is InChI=1S/C25H31F2O5/c1-5-6-21-31-20-11-15-16-10-18(26)17-9-14(29)7-8-22(17,3)24(16,27)19(30)12-23(15,4)25(20,32-21)13(2)28/h7-9,15-16,18-21,30H,2,5-6,10-12H2,1,3-4H3/t15-,16-,18-,19-,20+,21?,22-,23-,24-,25+/m0/s1. The van der Waals surface area contributed by atoms with E-state index in [1.807, 2.05) is 13.8 Å². The molecule has 1 N–H and O–H groups in total. The van der Waals surface area contributed by atoms with Gasteiger partial charge in [0.25, 0.3) is 0 Å². The topological polar surface area (TPSA) is 72.8 Å². The van der Waals surface area contributed by atoms with Gasteiger partial charge in [-0.2, -0.15) is 0 Å². The van der Waals surface area contributed by atoms with E-state index >= 15 is 8.78 Å². The number of hydrogen-bond acceptors (Lipinski definition) is 5. The minimum atomic E-state index is -2.18. The first kappa shape index (κ1) is 22.4. The fourth-order valence-corrected chi connectivity index (χ4v) is 7.89. The summed E-state index contributed by atoms with van der Waals surface area (Å²) in [6.45, 7) is 9.07. The van der Waals surface area contributed by atoms with Gasteiger partial charge in [-0.3, -0.25) is 9.59 Å². The van der Waals surface area contributed by atoms with Crippen LogP contribution in [0.2, 0.25) is 0 Å². The monoisotopic (exact) mass is 449 g/mol. The number of hydrogen-bond donors (Lipinski definition) is 1. The van der Waals surface area contributed by atoms with Crippen molar-refractivity contribution in [2.24, 2.45) is 22.7 Å². The van der Waals surface area contributed by atoms with E-state index in [1.54, 1.807) is 6.92 Å². The van der Waals surface area contributed by atoms with Crippen LogP contribution in [0, 0.1) is 29.6 Å². The highest BCUT2D eigenvalue weighted by molar-refractivity contribution is 6.01. The van der Waals surface area contributed by atoms with E-state index in [0.717, 1.165) is 6.42 Å². The minimum absolute atomic E-state index is 0.0355. The van der Waals surface area contributed by atoms with Crippen molar-refractivity contribution in [2.45, 2.75) is 88.8 Å². The Morgan fingerprint density at radius 1 is 1.31 bits per heavy atom. The van der Waals surface area contributed by atoms with Crippen molar-refractivity contribution >= 4 is 11.6 Å². The predicted octanol–water partition coefficient (Wildman–Crippen LogP) is 3.60. The molecular formula is C25H31F2O5. The van der Waals surface area contributed by atoms with Gasteiger partial charge in [0.15, 0.2) is 29.1 Å². The van der Waals surface area contributed by atoms with Crippen LogP contribution in [0.1, 0.15) is 52.9 Å². The van der Waals surface area contributed by atoms with Crippen LogP contribution >= 0.6 is 0 Å². The molecule has 32 heavy (non-hydrogen) atoms. The Morgan fingerprint density at radius 3 is 2.69 bits per heavy atom. The van der Waals surface area contributed by atoms with Crippen LogP contribution in [-0.4, -0.2) is 52.6 Å². The first-order valence-electron chi connectivity index (χ1n) is 11.6. The van der Waals surface area contributed by atoms with Crippen molar-refractivity contribution in [3.8, 4) is 0 Å². The lowest BCUT2D eigenvalue weighted by molar-refractivity contribution is -0.233. The molecule has 5 aliphatic rings. The van der Waals surface area contributed by atoms with Crippen LogP contribution in [0.5, 0.6) is 0 Å². The molecule has 5 nitrogen and oxygen atoms in total. The van der Waals surface area contributed by atoms with Crippen LogP contribution in [0.4, 0.5) is 8.78 Å². The highest BCUT2D eigenvalue weighted by Crippen LogP contribution is 2.72. The number of aliphatic hydroxyl groups is 1. The molecular weight excluding hydrogens is 418 g/mol. The quantitative estimate of drug-likeness (QED) is 0.713. The molecule has 0 aromatic heterocycles. The summed E-state index contributed by atoms with van der Waals surface area (Å²) in [5, 5.41) is 11.3. The minimum Gasteiger partial charge on any atom is -0.390 e. The summed E-state index contributed by atoms with van der Waals surface area (Å²) in [5.74, 6) is -2.13. The summed E-state index contributed by atoms with van der Waals surface area (Å²) in [6.07, 6.45) is 1.25. The van der Waals surface area contributed by atoms with Crippen molar-refractivity contribution < 1.29 is 33.0 Å². The smallest absolute Gasteiger partial charge is 0.178 e. The maximum atomic E-state index is 17.1. The number of ketones is 2. The summed E-state index contributed by atoms with van der Waals surface area (Å²) in [7, 11) is 0. The Kier molecular flexibility index (Phi) is 4.75. The largest absolute Gasteiger partial charge is 0.390 e. The van der Waals surface area contributed by atoms with E-state index in [-0.39, 0.29) is 24.2 Å². The van der Waals surface area contributed by atoms with E-state index in [0.29, 0.717) is 12.8 Å². The summed E-state index contributed by atoms with van der Waals surface area (Å²) in [5.41, 5.74) is -5.89. The molecule has 0 aromatic carbocycles. The fourth-order valence-electron chi connectivity index (χ4n) is 7.89. The van der Waals surface area contributed by atoms with Gasteiger partial charge in [-0.15, -0.1) is 0 Å². The van der Waals surface area contributed by atoms with E-state index in [4.69, 9.17) is 9.47 Å². The summed E-state index contributed by atoms with van der Waals surface area (Å²) >= 11 is 0. The molecule has 175 valence electrons. The molecule has 4 fully saturated rings. The van der Waals surface area contributed by atoms with Gasteiger partial charge < -0.3 is 14.6 Å². The lowest BCUT2D eigenvalue weighted by Crippen LogP contribution is -2.70.